The molecule has 0 radical (unpaired) electrons. The van der Waals surface area contributed by atoms with Gasteiger partial charge in [-0.1, -0.05) is 32.0 Å². The summed E-state index contributed by atoms with van der Waals surface area (Å²) in [5.41, 5.74) is 0.709. The van der Waals surface area contributed by atoms with E-state index in [4.69, 9.17) is 4.74 Å². The number of nitrogens with one attached hydrogen (secondary N) is 1. The van der Waals surface area contributed by atoms with Crippen molar-refractivity contribution in [3.63, 3.8) is 0 Å². The summed E-state index contributed by atoms with van der Waals surface area (Å²) >= 11 is 0. The summed E-state index contributed by atoms with van der Waals surface area (Å²) in [5, 5.41) is 12.1. The van der Waals surface area contributed by atoms with Gasteiger partial charge in [0.05, 0.1) is 0 Å². The van der Waals surface area contributed by atoms with Gasteiger partial charge in [0.15, 0.2) is 0 Å². The van der Waals surface area contributed by atoms with E-state index in [1.165, 1.54) is 0 Å². The van der Waals surface area contributed by atoms with Crippen molar-refractivity contribution in [2.45, 2.75) is 26.7 Å². The number of rotatable bonds is 9. The standard InChI is InChI=1S/C22H25N3O2/c1-3-14-25(15-4-2)17-18(16-23)22(26)24-19-10-12-21(13-11-19)27-20-8-6-5-7-9-20/h5-13,17H,3-4,14-15H2,1-2H3,(H,24,26)/b18-17-. The van der Waals surface area contributed by atoms with Crippen molar-refractivity contribution >= 4 is 11.6 Å². The largest absolute Gasteiger partial charge is 0.457 e. The van der Waals surface area contributed by atoms with Crippen LogP contribution in [-0.2, 0) is 4.79 Å². The third kappa shape index (κ3) is 6.52. The van der Waals surface area contributed by atoms with E-state index in [-0.39, 0.29) is 5.57 Å². The van der Waals surface area contributed by atoms with Crippen LogP contribution in [0.15, 0.2) is 66.4 Å². The Morgan fingerprint density at radius 2 is 1.63 bits per heavy atom. The van der Waals surface area contributed by atoms with Crippen molar-refractivity contribution in [1.29, 1.82) is 5.26 Å². The highest BCUT2D eigenvalue weighted by molar-refractivity contribution is 6.06. The van der Waals surface area contributed by atoms with Crippen LogP contribution in [0.1, 0.15) is 26.7 Å². The second-order valence-electron chi connectivity index (χ2n) is 6.08. The number of anilines is 1. The van der Waals surface area contributed by atoms with Crippen molar-refractivity contribution in [1.82, 2.24) is 4.90 Å². The Morgan fingerprint density at radius 1 is 1.04 bits per heavy atom. The Labute approximate surface area is 160 Å². The summed E-state index contributed by atoms with van der Waals surface area (Å²) < 4.78 is 5.73. The van der Waals surface area contributed by atoms with Gasteiger partial charge in [-0.2, -0.15) is 5.26 Å². The van der Waals surface area contributed by atoms with Crippen LogP contribution in [0.2, 0.25) is 0 Å². The lowest BCUT2D eigenvalue weighted by Gasteiger charge is -2.19. The molecule has 2 rings (SSSR count). The van der Waals surface area contributed by atoms with Crippen molar-refractivity contribution in [3.8, 4) is 17.6 Å². The van der Waals surface area contributed by atoms with E-state index < -0.39 is 5.91 Å². The zero-order chi connectivity index (χ0) is 19.5. The Bertz CT molecular complexity index is 787. The molecule has 5 heteroatoms. The van der Waals surface area contributed by atoms with Gasteiger partial charge in [0, 0.05) is 25.0 Å². The first-order valence-corrected chi connectivity index (χ1v) is 9.16. The topological polar surface area (TPSA) is 65.4 Å². The number of hydrogen-bond donors (Lipinski definition) is 1. The maximum absolute atomic E-state index is 12.4. The van der Waals surface area contributed by atoms with Crippen LogP contribution in [0.3, 0.4) is 0 Å². The minimum atomic E-state index is -0.411. The van der Waals surface area contributed by atoms with E-state index in [2.05, 4.69) is 19.2 Å². The van der Waals surface area contributed by atoms with Crippen LogP contribution < -0.4 is 10.1 Å². The molecule has 0 atom stereocenters. The fraction of sp³-hybridized carbons (Fsp3) is 0.273. The van der Waals surface area contributed by atoms with Gasteiger partial charge >= 0.3 is 0 Å². The third-order valence-electron chi connectivity index (χ3n) is 3.79. The monoisotopic (exact) mass is 363 g/mol. The molecule has 0 saturated carbocycles. The Kier molecular flexibility index (Phi) is 7.92. The zero-order valence-corrected chi connectivity index (χ0v) is 15.8. The molecule has 1 amide bonds. The van der Waals surface area contributed by atoms with Gasteiger partial charge in [-0.25, -0.2) is 0 Å². The first kappa shape index (κ1) is 20.1. The van der Waals surface area contributed by atoms with Crippen molar-refractivity contribution in [3.05, 3.63) is 66.4 Å². The Balaban J connectivity index is 2.02. The van der Waals surface area contributed by atoms with Gasteiger partial charge in [-0.05, 0) is 49.2 Å². The van der Waals surface area contributed by atoms with E-state index >= 15 is 0 Å². The van der Waals surface area contributed by atoms with Gasteiger partial charge in [0.2, 0.25) is 0 Å². The number of ether oxygens (including phenoxy) is 1. The van der Waals surface area contributed by atoms with Gasteiger partial charge in [0.1, 0.15) is 23.1 Å². The number of para-hydroxylation sites is 1. The highest BCUT2D eigenvalue weighted by atomic mass is 16.5. The highest BCUT2D eigenvalue weighted by Gasteiger charge is 2.11. The lowest BCUT2D eigenvalue weighted by Crippen LogP contribution is -2.22. The van der Waals surface area contributed by atoms with Gasteiger partial charge in [0.25, 0.3) is 5.91 Å². The molecule has 2 aromatic rings. The SMILES string of the molecule is CCCN(/C=C(/C#N)C(=O)Nc1ccc(Oc2ccccc2)cc1)CCC. The molecule has 140 valence electrons. The number of nitriles is 1. The third-order valence-corrected chi connectivity index (χ3v) is 3.79. The van der Waals surface area contributed by atoms with E-state index in [0.29, 0.717) is 11.4 Å². The van der Waals surface area contributed by atoms with Crippen molar-refractivity contribution in [2.24, 2.45) is 0 Å². The first-order valence-electron chi connectivity index (χ1n) is 9.16. The highest BCUT2D eigenvalue weighted by Crippen LogP contribution is 2.22. The molecule has 0 spiro atoms. The molecule has 0 heterocycles. The lowest BCUT2D eigenvalue weighted by atomic mass is 10.2. The van der Waals surface area contributed by atoms with Gasteiger partial charge < -0.3 is 15.0 Å². The summed E-state index contributed by atoms with van der Waals surface area (Å²) in [6, 6.07) is 18.5. The van der Waals surface area contributed by atoms with Crippen LogP contribution >= 0.6 is 0 Å². The minimum Gasteiger partial charge on any atom is -0.457 e. The van der Waals surface area contributed by atoms with E-state index in [0.717, 1.165) is 31.7 Å². The second-order valence-corrected chi connectivity index (χ2v) is 6.08. The first-order chi connectivity index (χ1) is 13.2. The molecule has 0 fully saturated rings. The molecule has 0 aliphatic heterocycles. The van der Waals surface area contributed by atoms with Crippen molar-refractivity contribution < 1.29 is 9.53 Å². The van der Waals surface area contributed by atoms with Crippen LogP contribution in [0, 0.1) is 11.3 Å². The van der Waals surface area contributed by atoms with E-state index in [1.807, 2.05) is 41.3 Å². The Morgan fingerprint density at radius 3 is 2.19 bits per heavy atom. The number of carbonyl (C=O) groups excluding carboxylic acids is 1. The van der Waals surface area contributed by atoms with Crippen LogP contribution in [-0.4, -0.2) is 23.9 Å². The summed E-state index contributed by atoms with van der Waals surface area (Å²) in [4.78, 5) is 14.4. The summed E-state index contributed by atoms with van der Waals surface area (Å²) in [6.45, 7) is 5.78. The summed E-state index contributed by atoms with van der Waals surface area (Å²) in [7, 11) is 0. The Hall–Kier alpha value is -3.26. The maximum atomic E-state index is 12.4. The van der Waals surface area contributed by atoms with Crippen molar-refractivity contribution in [2.75, 3.05) is 18.4 Å². The zero-order valence-electron chi connectivity index (χ0n) is 15.8. The summed E-state index contributed by atoms with van der Waals surface area (Å²) in [5.74, 6) is 1.01. The fourth-order valence-electron chi connectivity index (χ4n) is 2.57. The molecule has 0 aliphatic carbocycles. The molecule has 0 bridgehead atoms. The molecular formula is C22H25N3O2. The fourth-order valence-corrected chi connectivity index (χ4v) is 2.57. The molecule has 27 heavy (non-hydrogen) atoms. The van der Waals surface area contributed by atoms with Crippen LogP contribution in [0.5, 0.6) is 11.5 Å². The molecule has 2 aromatic carbocycles. The average molecular weight is 363 g/mol. The average Bonchev–Trinajstić information content (AvgIpc) is 2.68. The van der Waals surface area contributed by atoms with Crippen LogP contribution in [0.25, 0.3) is 0 Å². The summed E-state index contributed by atoms with van der Waals surface area (Å²) in [6.07, 6.45) is 3.56. The number of nitrogens with zero attached hydrogens (tertiary/aromatic N) is 2. The quantitative estimate of drug-likeness (QED) is 0.506. The normalized spacial score (nSPS) is 10.8. The smallest absolute Gasteiger partial charge is 0.267 e. The number of benzene rings is 2. The minimum absolute atomic E-state index is 0.0986. The van der Waals surface area contributed by atoms with E-state index in [1.54, 1.807) is 30.5 Å². The predicted molar refractivity (Wildman–Crippen MR) is 107 cm³/mol. The second kappa shape index (κ2) is 10.7. The molecule has 0 aromatic heterocycles. The maximum Gasteiger partial charge on any atom is 0.267 e. The number of amides is 1. The number of hydrogen-bond acceptors (Lipinski definition) is 4. The molecule has 0 saturated heterocycles. The molecular weight excluding hydrogens is 338 g/mol. The number of carbonyl (C=O) groups is 1. The van der Waals surface area contributed by atoms with Gasteiger partial charge in [-0.3, -0.25) is 4.79 Å². The molecule has 0 unspecified atom stereocenters. The van der Waals surface area contributed by atoms with Crippen LogP contribution in [0.4, 0.5) is 5.69 Å². The molecule has 5 nitrogen and oxygen atoms in total. The molecule has 0 aliphatic rings. The lowest BCUT2D eigenvalue weighted by molar-refractivity contribution is -0.112. The van der Waals surface area contributed by atoms with E-state index in [9.17, 15) is 10.1 Å². The molecule has 1 N–H and O–H groups in total. The van der Waals surface area contributed by atoms with Gasteiger partial charge in [-0.15, -0.1) is 0 Å². The predicted octanol–water partition coefficient (Wildman–Crippen LogP) is 4.95.